The third-order valence-electron chi connectivity index (χ3n) is 2.67. The average molecular weight is 251 g/mol. The van der Waals surface area contributed by atoms with Gasteiger partial charge in [-0.3, -0.25) is 5.43 Å². The van der Waals surface area contributed by atoms with E-state index < -0.39 is 0 Å². The van der Waals surface area contributed by atoms with E-state index in [1.807, 2.05) is 13.8 Å². The van der Waals surface area contributed by atoms with Crippen molar-refractivity contribution < 1.29 is 0 Å². The lowest BCUT2D eigenvalue weighted by atomic mass is 10.4. The van der Waals surface area contributed by atoms with Crippen LogP contribution in [0.1, 0.15) is 26.7 Å². The van der Waals surface area contributed by atoms with Crippen molar-refractivity contribution in [3.8, 4) is 0 Å². The Morgan fingerprint density at radius 3 is 1.89 bits per heavy atom. The van der Waals surface area contributed by atoms with Crippen LogP contribution >= 0.6 is 0 Å². The van der Waals surface area contributed by atoms with E-state index >= 15 is 0 Å². The summed E-state index contributed by atoms with van der Waals surface area (Å²) in [6, 6.07) is 0. The van der Waals surface area contributed by atoms with Gasteiger partial charge < -0.3 is 10.6 Å². The molecule has 1 saturated heterocycles. The lowest BCUT2D eigenvalue weighted by Gasteiger charge is -2.17. The van der Waals surface area contributed by atoms with Crippen LogP contribution in [0.5, 0.6) is 0 Å². The molecule has 0 aliphatic carbocycles. The minimum atomic E-state index is 0.596. The van der Waals surface area contributed by atoms with Gasteiger partial charge in [0.1, 0.15) is 0 Å². The molecule has 0 bridgehead atoms. The van der Waals surface area contributed by atoms with Gasteiger partial charge in [0.05, 0.1) is 0 Å². The highest BCUT2D eigenvalue weighted by atomic mass is 15.5. The Labute approximate surface area is 107 Å². The molecule has 2 rings (SSSR count). The van der Waals surface area contributed by atoms with Gasteiger partial charge in [0.15, 0.2) is 0 Å². The van der Waals surface area contributed by atoms with Gasteiger partial charge in [-0.15, -0.1) is 0 Å². The number of aromatic nitrogens is 3. The van der Waals surface area contributed by atoms with E-state index in [1.54, 1.807) is 0 Å². The lowest BCUT2D eigenvalue weighted by molar-refractivity contribution is 0.405. The second-order valence-electron chi connectivity index (χ2n) is 4.17. The minimum absolute atomic E-state index is 0.596. The van der Waals surface area contributed by atoms with Crippen molar-refractivity contribution in [3.63, 3.8) is 0 Å². The predicted molar refractivity (Wildman–Crippen MR) is 72.6 cm³/mol. The molecule has 1 aliphatic heterocycles. The first-order chi connectivity index (χ1) is 8.81. The molecule has 100 valence electrons. The van der Waals surface area contributed by atoms with E-state index in [4.69, 9.17) is 0 Å². The summed E-state index contributed by atoms with van der Waals surface area (Å²) in [6.45, 7) is 7.70. The van der Waals surface area contributed by atoms with Crippen LogP contribution in [0, 0.1) is 0 Å². The first-order valence-electron chi connectivity index (χ1n) is 6.57. The average Bonchev–Trinajstić information content (AvgIpc) is 2.82. The fourth-order valence-corrected chi connectivity index (χ4v) is 1.87. The van der Waals surface area contributed by atoms with Crippen molar-refractivity contribution in [3.05, 3.63) is 0 Å². The molecule has 0 atom stereocenters. The second-order valence-corrected chi connectivity index (χ2v) is 4.17. The maximum Gasteiger partial charge on any atom is 0.244 e. The Morgan fingerprint density at radius 1 is 0.889 bits per heavy atom. The van der Waals surface area contributed by atoms with Gasteiger partial charge in [0, 0.05) is 26.2 Å². The third-order valence-corrected chi connectivity index (χ3v) is 2.67. The number of hydrogen-bond acceptors (Lipinski definition) is 7. The van der Waals surface area contributed by atoms with Gasteiger partial charge in [-0.25, -0.2) is 5.01 Å². The summed E-state index contributed by atoms with van der Waals surface area (Å²) in [5.41, 5.74) is 3.23. The van der Waals surface area contributed by atoms with Crippen molar-refractivity contribution in [1.82, 2.24) is 20.0 Å². The Morgan fingerprint density at radius 2 is 1.39 bits per heavy atom. The van der Waals surface area contributed by atoms with E-state index in [1.165, 1.54) is 12.8 Å². The van der Waals surface area contributed by atoms with E-state index in [0.29, 0.717) is 17.8 Å². The zero-order valence-electron chi connectivity index (χ0n) is 11.0. The molecule has 0 radical (unpaired) electrons. The summed E-state index contributed by atoms with van der Waals surface area (Å²) in [6.07, 6.45) is 2.44. The maximum atomic E-state index is 4.34. The summed E-state index contributed by atoms with van der Waals surface area (Å²) in [5.74, 6) is 1.80. The summed E-state index contributed by atoms with van der Waals surface area (Å²) in [5, 5.41) is 8.36. The number of hydrazine groups is 1. The molecular weight excluding hydrogens is 230 g/mol. The molecule has 7 heteroatoms. The molecule has 18 heavy (non-hydrogen) atoms. The van der Waals surface area contributed by atoms with Crippen LogP contribution in [0.2, 0.25) is 0 Å². The number of hydrogen-bond donors (Lipinski definition) is 3. The van der Waals surface area contributed by atoms with E-state index in [-0.39, 0.29) is 0 Å². The van der Waals surface area contributed by atoms with Crippen LogP contribution in [0.3, 0.4) is 0 Å². The number of nitrogens with one attached hydrogen (secondary N) is 3. The molecule has 0 unspecified atom stereocenters. The van der Waals surface area contributed by atoms with Gasteiger partial charge in [-0.05, 0) is 26.7 Å². The highest BCUT2D eigenvalue weighted by molar-refractivity contribution is 5.41. The quantitative estimate of drug-likeness (QED) is 0.700. The predicted octanol–water partition coefficient (Wildman–Crippen LogP) is 1.16. The second kappa shape index (κ2) is 6.34. The highest BCUT2D eigenvalue weighted by Gasteiger charge is 2.13. The highest BCUT2D eigenvalue weighted by Crippen LogP contribution is 2.12. The van der Waals surface area contributed by atoms with E-state index in [0.717, 1.165) is 26.2 Å². The van der Waals surface area contributed by atoms with Crippen LogP contribution in [-0.4, -0.2) is 46.1 Å². The van der Waals surface area contributed by atoms with E-state index in [9.17, 15) is 0 Å². The molecule has 0 saturated carbocycles. The summed E-state index contributed by atoms with van der Waals surface area (Å²) in [4.78, 5) is 13.0. The first-order valence-corrected chi connectivity index (χ1v) is 6.57. The molecule has 0 aromatic carbocycles. The molecule has 1 aliphatic rings. The Balaban J connectivity index is 2.10. The van der Waals surface area contributed by atoms with Gasteiger partial charge in [0.2, 0.25) is 17.8 Å². The SMILES string of the molecule is CCNc1nc(NCC)nc(NN2CCCC2)n1. The zero-order valence-corrected chi connectivity index (χ0v) is 11.0. The summed E-state index contributed by atoms with van der Waals surface area (Å²) < 4.78 is 0. The molecule has 1 fully saturated rings. The van der Waals surface area contributed by atoms with Gasteiger partial charge in [-0.1, -0.05) is 0 Å². The van der Waals surface area contributed by atoms with Crippen molar-refractivity contribution >= 4 is 17.8 Å². The maximum absolute atomic E-state index is 4.34. The van der Waals surface area contributed by atoms with Gasteiger partial charge in [0.25, 0.3) is 0 Å². The van der Waals surface area contributed by atoms with Crippen molar-refractivity contribution in [2.24, 2.45) is 0 Å². The van der Waals surface area contributed by atoms with Gasteiger partial charge >= 0.3 is 0 Å². The third kappa shape index (κ3) is 3.43. The molecule has 1 aromatic heterocycles. The summed E-state index contributed by atoms with van der Waals surface area (Å²) >= 11 is 0. The van der Waals surface area contributed by atoms with Crippen LogP contribution in [0.4, 0.5) is 17.8 Å². The van der Waals surface area contributed by atoms with Crippen LogP contribution in [-0.2, 0) is 0 Å². The molecule has 0 spiro atoms. The Hall–Kier alpha value is -1.63. The smallest absolute Gasteiger partial charge is 0.244 e. The fraction of sp³-hybridized carbons (Fsp3) is 0.727. The Kier molecular flexibility index (Phi) is 4.52. The number of rotatable bonds is 6. The van der Waals surface area contributed by atoms with Crippen molar-refractivity contribution in [1.29, 1.82) is 0 Å². The normalized spacial score (nSPS) is 15.7. The lowest BCUT2D eigenvalue weighted by Crippen LogP contribution is -2.28. The van der Waals surface area contributed by atoms with Crippen LogP contribution < -0.4 is 16.1 Å². The number of nitrogens with zero attached hydrogens (tertiary/aromatic N) is 4. The van der Waals surface area contributed by atoms with Crippen molar-refractivity contribution in [2.75, 3.05) is 42.2 Å². The topological polar surface area (TPSA) is 78.0 Å². The standard InChI is InChI=1S/C11H21N7/c1-3-12-9-14-10(13-4-2)16-11(15-9)17-18-7-5-6-8-18/h3-8H2,1-2H3,(H3,12,13,14,15,16,17). The van der Waals surface area contributed by atoms with E-state index in [2.05, 4.69) is 36.0 Å². The molecule has 3 N–H and O–H groups in total. The first kappa shape index (κ1) is 12.8. The fourth-order valence-electron chi connectivity index (χ4n) is 1.87. The zero-order chi connectivity index (χ0) is 12.8. The molecule has 1 aromatic rings. The van der Waals surface area contributed by atoms with Crippen molar-refractivity contribution in [2.45, 2.75) is 26.7 Å². The molecule has 0 amide bonds. The van der Waals surface area contributed by atoms with Crippen LogP contribution in [0.25, 0.3) is 0 Å². The van der Waals surface area contributed by atoms with Gasteiger partial charge in [-0.2, -0.15) is 15.0 Å². The van der Waals surface area contributed by atoms with Crippen LogP contribution in [0.15, 0.2) is 0 Å². The Bertz CT molecular complexity index is 351. The number of anilines is 3. The summed E-state index contributed by atoms with van der Waals surface area (Å²) in [7, 11) is 0. The largest absolute Gasteiger partial charge is 0.354 e. The molecular formula is C11H21N7. The molecule has 7 nitrogen and oxygen atoms in total. The molecule has 2 heterocycles. The minimum Gasteiger partial charge on any atom is -0.354 e. The monoisotopic (exact) mass is 251 g/mol.